The van der Waals surface area contributed by atoms with Gasteiger partial charge in [0.25, 0.3) is 0 Å². The summed E-state index contributed by atoms with van der Waals surface area (Å²) >= 11 is 0. The van der Waals surface area contributed by atoms with Crippen molar-refractivity contribution < 1.29 is 0 Å². The van der Waals surface area contributed by atoms with E-state index in [9.17, 15) is 0 Å². The Morgan fingerprint density at radius 3 is 2.56 bits per heavy atom. The number of hydrogen-bond acceptors (Lipinski definition) is 0. The van der Waals surface area contributed by atoms with Crippen molar-refractivity contribution in [1.29, 1.82) is 0 Å². The molecule has 0 saturated heterocycles. The average Bonchev–Trinajstić information content (AvgIpc) is 2.33. The van der Waals surface area contributed by atoms with Crippen LogP contribution in [-0.4, -0.2) is 7.28 Å². The van der Waals surface area contributed by atoms with Crippen LogP contribution in [0.2, 0.25) is 0 Å². The molecule has 1 aliphatic heterocycles. The number of allylic oxidation sites excluding steroid dienone is 3. The smallest absolute Gasteiger partial charge is 0.114 e. The van der Waals surface area contributed by atoms with Crippen LogP contribution in [0, 0.1) is 0 Å². The van der Waals surface area contributed by atoms with Gasteiger partial charge in [-0.2, -0.15) is 0 Å². The van der Waals surface area contributed by atoms with Crippen molar-refractivity contribution in [3.05, 3.63) is 23.1 Å². The third kappa shape index (κ3) is 1.26. The van der Waals surface area contributed by atoms with Gasteiger partial charge in [0.2, 0.25) is 0 Å². The highest BCUT2D eigenvalue weighted by molar-refractivity contribution is 6.52. The molecule has 0 atom stereocenters. The van der Waals surface area contributed by atoms with Gasteiger partial charge in [-0.1, -0.05) is 31.0 Å². The van der Waals surface area contributed by atoms with Crippen LogP contribution in [0.25, 0.3) is 0 Å². The molecule has 0 aromatic rings. The molecule has 0 saturated carbocycles. The summed E-state index contributed by atoms with van der Waals surface area (Å²) in [7, 11) is 1.21. The van der Waals surface area contributed by atoms with Gasteiger partial charge in [0, 0.05) is 0 Å². The van der Waals surface area contributed by atoms with E-state index >= 15 is 0 Å². The largest absolute Gasteiger partial charge is 0.178 e. The Balaban J connectivity index is 2.67. The molecule has 9 heavy (non-hydrogen) atoms. The molecule has 0 nitrogen and oxygen atoms in total. The first-order chi connectivity index (χ1) is 4.38. The van der Waals surface area contributed by atoms with E-state index in [1.807, 2.05) is 0 Å². The van der Waals surface area contributed by atoms with Crippen molar-refractivity contribution in [2.75, 3.05) is 0 Å². The van der Waals surface area contributed by atoms with Crippen LogP contribution in [0.1, 0.15) is 26.7 Å². The van der Waals surface area contributed by atoms with E-state index in [1.165, 1.54) is 20.1 Å². The summed E-state index contributed by atoms with van der Waals surface area (Å²) in [6, 6.07) is 0. The standard InChI is InChI=1S/C8H13B/c1-3-7-5-6-9-8(7)4-2/h5-6,9H,3-4H2,1-2H3. The highest BCUT2D eigenvalue weighted by Crippen LogP contribution is 2.17. The summed E-state index contributed by atoms with van der Waals surface area (Å²) < 4.78 is 0. The molecule has 0 fully saturated rings. The Labute approximate surface area is 57.9 Å². The lowest BCUT2D eigenvalue weighted by atomic mass is 9.71. The summed E-state index contributed by atoms with van der Waals surface area (Å²) in [5, 5.41) is 0. The SMILES string of the molecule is CCC1=C(CC)C=CB1. The average molecular weight is 120 g/mol. The van der Waals surface area contributed by atoms with Gasteiger partial charge in [-0.3, -0.25) is 0 Å². The second-order valence-corrected chi connectivity index (χ2v) is 2.44. The molecule has 0 radical (unpaired) electrons. The van der Waals surface area contributed by atoms with Gasteiger partial charge in [-0.15, -0.1) is 5.98 Å². The predicted molar refractivity (Wildman–Crippen MR) is 43.9 cm³/mol. The van der Waals surface area contributed by atoms with E-state index in [0.29, 0.717) is 0 Å². The quantitative estimate of drug-likeness (QED) is 0.489. The van der Waals surface area contributed by atoms with Gasteiger partial charge in [0.1, 0.15) is 0 Å². The molecule has 1 rings (SSSR count). The van der Waals surface area contributed by atoms with Crippen LogP contribution in [0.3, 0.4) is 0 Å². The van der Waals surface area contributed by atoms with Gasteiger partial charge in [0.05, 0.1) is 0 Å². The normalized spacial score (nSPS) is 16.7. The Morgan fingerprint density at radius 2 is 2.11 bits per heavy atom. The van der Waals surface area contributed by atoms with E-state index in [0.717, 1.165) is 0 Å². The zero-order chi connectivity index (χ0) is 6.69. The van der Waals surface area contributed by atoms with E-state index < -0.39 is 0 Å². The molecular formula is C8H13B. The van der Waals surface area contributed by atoms with Gasteiger partial charge in [0.15, 0.2) is 7.28 Å². The fraction of sp³-hybridized carbons (Fsp3) is 0.500. The lowest BCUT2D eigenvalue weighted by Crippen LogP contribution is -1.88. The van der Waals surface area contributed by atoms with Crippen molar-refractivity contribution in [3.63, 3.8) is 0 Å². The van der Waals surface area contributed by atoms with Gasteiger partial charge >= 0.3 is 0 Å². The van der Waals surface area contributed by atoms with Crippen LogP contribution in [0.15, 0.2) is 23.1 Å². The summed E-state index contributed by atoms with van der Waals surface area (Å²) in [6.45, 7) is 4.46. The van der Waals surface area contributed by atoms with Crippen molar-refractivity contribution in [2.45, 2.75) is 26.7 Å². The molecule has 48 valence electrons. The van der Waals surface area contributed by atoms with Crippen molar-refractivity contribution in [1.82, 2.24) is 0 Å². The Morgan fingerprint density at radius 1 is 1.33 bits per heavy atom. The summed E-state index contributed by atoms with van der Waals surface area (Å²) in [5.41, 5.74) is 3.20. The number of hydrogen-bond donors (Lipinski definition) is 0. The summed E-state index contributed by atoms with van der Waals surface area (Å²) in [6.07, 6.45) is 4.70. The maximum absolute atomic E-state index is 2.26. The first-order valence-electron chi connectivity index (χ1n) is 3.76. The van der Waals surface area contributed by atoms with Gasteiger partial charge in [-0.25, -0.2) is 0 Å². The maximum Gasteiger partial charge on any atom is 0.178 e. The molecule has 1 heterocycles. The predicted octanol–water partition coefficient (Wildman–Crippen LogP) is 2.02. The maximum atomic E-state index is 2.26. The molecule has 0 unspecified atom stereocenters. The van der Waals surface area contributed by atoms with Crippen LogP contribution in [0.4, 0.5) is 0 Å². The molecule has 1 heteroatoms. The fourth-order valence-corrected chi connectivity index (χ4v) is 1.33. The molecule has 0 amide bonds. The molecule has 0 spiro atoms. The lowest BCUT2D eigenvalue weighted by Gasteiger charge is -1.98. The zero-order valence-corrected chi connectivity index (χ0v) is 6.28. The van der Waals surface area contributed by atoms with Crippen molar-refractivity contribution in [3.8, 4) is 0 Å². The molecule has 1 aliphatic rings. The second-order valence-electron chi connectivity index (χ2n) is 2.44. The van der Waals surface area contributed by atoms with E-state index in [-0.39, 0.29) is 0 Å². The Bertz CT molecular complexity index is 154. The number of rotatable bonds is 2. The van der Waals surface area contributed by atoms with Crippen molar-refractivity contribution in [2.24, 2.45) is 0 Å². The van der Waals surface area contributed by atoms with Gasteiger partial charge < -0.3 is 0 Å². The zero-order valence-electron chi connectivity index (χ0n) is 6.28. The van der Waals surface area contributed by atoms with Crippen LogP contribution < -0.4 is 0 Å². The summed E-state index contributed by atoms with van der Waals surface area (Å²) in [5.74, 6) is 2.26. The van der Waals surface area contributed by atoms with Crippen LogP contribution >= 0.6 is 0 Å². The molecular weight excluding hydrogens is 107 g/mol. The Kier molecular flexibility index (Phi) is 2.15. The fourth-order valence-electron chi connectivity index (χ4n) is 1.33. The minimum Gasteiger partial charge on any atom is -0.114 e. The molecule has 0 aromatic carbocycles. The molecule has 0 bridgehead atoms. The van der Waals surface area contributed by atoms with Crippen LogP contribution in [0.5, 0.6) is 0 Å². The van der Waals surface area contributed by atoms with Gasteiger partial charge in [-0.05, 0) is 12.8 Å². The van der Waals surface area contributed by atoms with Crippen molar-refractivity contribution >= 4 is 7.28 Å². The highest BCUT2D eigenvalue weighted by Gasteiger charge is 2.04. The first-order valence-corrected chi connectivity index (χ1v) is 3.76. The minimum absolute atomic E-state index is 1.21. The topological polar surface area (TPSA) is 0 Å². The van der Waals surface area contributed by atoms with E-state index in [2.05, 4.69) is 25.9 Å². The van der Waals surface area contributed by atoms with E-state index in [4.69, 9.17) is 0 Å². The first kappa shape index (κ1) is 6.66. The lowest BCUT2D eigenvalue weighted by molar-refractivity contribution is 1.08. The monoisotopic (exact) mass is 120 g/mol. The molecule has 0 N–H and O–H groups in total. The third-order valence-electron chi connectivity index (χ3n) is 1.95. The minimum atomic E-state index is 1.21. The van der Waals surface area contributed by atoms with E-state index in [1.54, 1.807) is 11.0 Å². The Hall–Kier alpha value is -0.455. The highest BCUT2D eigenvalue weighted by atomic mass is 14.0. The summed E-state index contributed by atoms with van der Waals surface area (Å²) in [4.78, 5) is 0. The van der Waals surface area contributed by atoms with Crippen LogP contribution in [-0.2, 0) is 0 Å². The second kappa shape index (κ2) is 2.91. The third-order valence-corrected chi connectivity index (χ3v) is 1.95. The molecule has 0 aromatic heterocycles. The molecule has 0 aliphatic carbocycles.